The predicted octanol–water partition coefficient (Wildman–Crippen LogP) is 0.0891. The van der Waals surface area contributed by atoms with Gasteiger partial charge < -0.3 is 10.5 Å². The van der Waals surface area contributed by atoms with Crippen molar-refractivity contribution in [2.75, 3.05) is 6.61 Å². The van der Waals surface area contributed by atoms with Crippen molar-refractivity contribution in [3.63, 3.8) is 0 Å². The number of urea groups is 1. The third kappa shape index (κ3) is 4.07. The fourth-order valence-corrected chi connectivity index (χ4v) is 0.446. The predicted molar refractivity (Wildman–Crippen MR) is 39.3 cm³/mol. The minimum Gasteiger partial charge on any atom is -0.462 e. The van der Waals surface area contributed by atoms with Crippen molar-refractivity contribution in [1.82, 2.24) is 0 Å². The molecule has 0 bridgehead atoms. The number of hydrogen-bond donors (Lipinski definition) is 1. The maximum absolute atomic E-state index is 10.7. The first-order valence-electron chi connectivity index (χ1n) is 3.09. The van der Waals surface area contributed by atoms with E-state index in [1.807, 2.05) is 0 Å². The molecule has 5 heteroatoms. The largest absolute Gasteiger partial charge is 0.462 e. The number of ether oxygens (including phenoxy) is 1. The molecule has 0 aromatic carbocycles. The summed E-state index contributed by atoms with van der Waals surface area (Å²) in [6.07, 6.45) is 0. The maximum atomic E-state index is 10.7. The molecule has 62 valence electrons. The lowest BCUT2D eigenvalue weighted by Crippen LogP contribution is -2.17. The van der Waals surface area contributed by atoms with Crippen molar-refractivity contribution >= 4 is 17.7 Å². The number of rotatable bonds is 2. The summed E-state index contributed by atoms with van der Waals surface area (Å²) in [7, 11) is 0. The van der Waals surface area contributed by atoms with Crippen LogP contribution in [0.25, 0.3) is 0 Å². The zero-order valence-corrected chi connectivity index (χ0v) is 6.46. The van der Waals surface area contributed by atoms with Crippen LogP contribution in [0.15, 0.2) is 4.99 Å². The zero-order valence-electron chi connectivity index (χ0n) is 6.46. The number of carbonyl (C=O) groups excluding carboxylic acids is 2. The Hall–Kier alpha value is -1.39. The van der Waals surface area contributed by atoms with Gasteiger partial charge in [0, 0.05) is 0 Å². The van der Waals surface area contributed by atoms with Crippen LogP contribution in [-0.2, 0) is 9.53 Å². The fraction of sp³-hybridized carbons (Fsp3) is 0.500. The van der Waals surface area contributed by atoms with E-state index in [-0.39, 0.29) is 12.3 Å². The number of carbonyl (C=O) groups is 2. The second kappa shape index (κ2) is 4.43. The number of primary amides is 1. The third-order valence-corrected chi connectivity index (χ3v) is 0.849. The minimum atomic E-state index is -0.893. The number of aliphatic imine (C=N–C) groups is 1. The Labute approximate surface area is 64.2 Å². The van der Waals surface area contributed by atoms with Crippen molar-refractivity contribution in [1.29, 1.82) is 0 Å². The molecule has 2 N–H and O–H groups in total. The second-order valence-electron chi connectivity index (χ2n) is 1.76. The van der Waals surface area contributed by atoms with Gasteiger partial charge in [0.25, 0.3) is 0 Å². The van der Waals surface area contributed by atoms with Gasteiger partial charge in [-0.1, -0.05) is 0 Å². The van der Waals surface area contributed by atoms with E-state index in [0.717, 1.165) is 0 Å². The molecule has 2 amide bonds. The second-order valence-corrected chi connectivity index (χ2v) is 1.76. The van der Waals surface area contributed by atoms with Crippen LogP contribution in [0, 0.1) is 0 Å². The van der Waals surface area contributed by atoms with E-state index in [4.69, 9.17) is 5.73 Å². The van der Waals surface area contributed by atoms with Crippen LogP contribution in [0.5, 0.6) is 0 Å². The molecule has 0 aromatic rings. The van der Waals surface area contributed by atoms with Gasteiger partial charge in [0.1, 0.15) is 5.71 Å². The summed E-state index contributed by atoms with van der Waals surface area (Å²) in [6.45, 7) is 3.28. The van der Waals surface area contributed by atoms with Crippen molar-refractivity contribution in [3.8, 4) is 0 Å². The van der Waals surface area contributed by atoms with Gasteiger partial charge in [0.15, 0.2) is 0 Å². The molecule has 0 aliphatic carbocycles. The van der Waals surface area contributed by atoms with Crippen LogP contribution in [0.1, 0.15) is 13.8 Å². The number of amides is 2. The Morgan fingerprint density at radius 2 is 2.09 bits per heavy atom. The van der Waals surface area contributed by atoms with Crippen LogP contribution in [-0.4, -0.2) is 24.3 Å². The Bertz CT molecular complexity index is 198. The molecule has 0 aliphatic rings. The van der Waals surface area contributed by atoms with Crippen molar-refractivity contribution in [2.45, 2.75) is 13.8 Å². The van der Waals surface area contributed by atoms with Crippen LogP contribution >= 0.6 is 0 Å². The van der Waals surface area contributed by atoms with E-state index in [2.05, 4.69) is 9.73 Å². The quantitative estimate of drug-likeness (QED) is 0.456. The van der Waals surface area contributed by atoms with Crippen molar-refractivity contribution in [2.24, 2.45) is 10.7 Å². The Kier molecular flexibility index (Phi) is 3.87. The van der Waals surface area contributed by atoms with Crippen LogP contribution in [0.3, 0.4) is 0 Å². The highest BCUT2D eigenvalue weighted by Crippen LogP contribution is 1.84. The SMILES string of the molecule is CCOC(=O)/C(C)=N\C(N)=O. The molecule has 0 fully saturated rings. The standard InChI is InChI=1S/C6H10N2O3/c1-3-11-5(9)4(2)8-6(7)10/h3H2,1-2H3,(H2,7,10)/b8-4-. The highest BCUT2D eigenvalue weighted by Gasteiger charge is 2.06. The summed E-state index contributed by atoms with van der Waals surface area (Å²) in [6, 6.07) is -0.893. The van der Waals surface area contributed by atoms with E-state index in [1.165, 1.54) is 6.92 Å². The summed E-state index contributed by atoms with van der Waals surface area (Å²) in [5, 5.41) is 0. The first kappa shape index (κ1) is 9.61. The average molecular weight is 158 g/mol. The van der Waals surface area contributed by atoms with Gasteiger partial charge in [-0.3, -0.25) is 0 Å². The summed E-state index contributed by atoms with van der Waals surface area (Å²) < 4.78 is 4.53. The van der Waals surface area contributed by atoms with Crippen LogP contribution < -0.4 is 5.73 Å². The summed E-state index contributed by atoms with van der Waals surface area (Å²) >= 11 is 0. The molecule has 5 nitrogen and oxygen atoms in total. The smallest absolute Gasteiger partial charge is 0.352 e. The molecule has 0 saturated carbocycles. The molecule has 0 spiro atoms. The highest BCUT2D eigenvalue weighted by molar-refractivity contribution is 6.37. The van der Waals surface area contributed by atoms with E-state index in [0.29, 0.717) is 0 Å². The van der Waals surface area contributed by atoms with Crippen LogP contribution in [0.4, 0.5) is 4.79 Å². The van der Waals surface area contributed by atoms with Crippen molar-refractivity contribution in [3.05, 3.63) is 0 Å². The fourth-order valence-electron chi connectivity index (χ4n) is 0.446. The molecule has 0 aliphatic heterocycles. The molecule has 0 unspecified atom stereocenters. The van der Waals surface area contributed by atoms with Gasteiger partial charge in [-0.05, 0) is 13.8 Å². The monoisotopic (exact) mass is 158 g/mol. The zero-order chi connectivity index (χ0) is 8.85. The Balaban J connectivity index is 4.12. The summed E-state index contributed by atoms with van der Waals surface area (Å²) in [5.41, 5.74) is 4.66. The molecule has 0 heterocycles. The van der Waals surface area contributed by atoms with E-state index >= 15 is 0 Å². The van der Waals surface area contributed by atoms with Gasteiger partial charge >= 0.3 is 12.0 Å². The van der Waals surface area contributed by atoms with E-state index in [9.17, 15) is 9.59 Å². The number of nitrogens with two attached hydrogens (primary N) is 1. The van der Waals surface area contributed by atoms with E-state index in [1.54, 1.807) is 6.92 Å². The van der Waals surface area contributed by atoms with Crippen molar-refractivity contribution < 1.29 is 14.3 Å². The molecular formula is C6H10N2O3. The van der Waals surface area contributed by atoms with Gasteiger partial charge in [-0.15, -0.1) is 0 Å². The van der Waals surface area contributed by atoms with Gasteiger partial charge in [0.05, 0.1) is 6.61 Å². The third-order valence-electron chi connectivity index (χ3n) is 0.849. The minimum absolute atomic E-state index is 0.0284. The van der Waals surface area contributed by atoms with Gasteiger partial charge in [-0.25, -0.2) is 9.59 Å². The van der Waals surface area contributed by atoms with Crippen LogP contribution in [0.2, 0.25) is 0 Å². The lowest BCUT2D eigenvalue weighted by Gasteiger charge is -1.97. The Morgan fingerprint density at radius 3 is 2.45 bits per heavy atom. The highest BCUT2D eigenvalue weighted by atomic mass is 16.5. The van der Waals surface area contributed by atoms with E-state index < -0.39 is 12.0 Å². The summed E-state index contributed by atoms with van der Waals surface area (Å²) in [5.74, 6) is -0.619. The first-order chi connectivity index (χ1) is 5.07. The molecule has 0 saturated heterocycles. The summed E-state index contributed by atoms with van der Waals surface area (Å²) in [4.78, 5) is 24.0. The molecule has 0 atom stereocenters. The Morgan fingerprint density at radius 1 is 1.55 bits per heavy atom. The molecule has 0 rings (SSSR count). The van der Waals surface area contributed by atoms with Gasteiger partial charge in [-0.2, -0.15) is 4.99 Å². The lowest BCUT2D eigenvalue weighted by molar-refractivity contribution is -0.135. The van der Waals surface area contributed by atoms with Gasteiger partial charge in [0.2, 0.25) is 0 Å². The molecule has 11 heavy (non-hydrogen) atoms. The topological polar surface area (TPSA) is 81.8 Å². The number of nitrogens with zero attached hydrogens (tertiary/aromatic N) is 1. The number of esters is 1. The molecule has 0 radical (unpaired) electrons. The average Bonchev–Trinajstić information content (AvgIpc) is 1.86. The molecular weight excluding hydrogens is 148 g/mol. The lowest BCUT2D eigenvalue weighted by atomic mass is 10.4. The number of hydrogen-bond acceptors (Lipinski definition) is 3. The first-order valence-corrected chi connectivity index (χ1v) is 3.09. The molecule has 0 aromatic heterocycles. The normalized spacial score (nSPS) is 10.9. The maximum Gasteiger partial charge on any atom is 0.352 e.